The third-order valence-corrected chi connectivity index (χ3v) is 3.97. The predicted molar refractivity (Wildman–Crippen MR) is 78.5 cm³/mol. The standard InChI is InChI=1S/C12H12BrN3OS/c1-7-10(18-12(14-2)15-7)11(17)16-9-5-3-4-8(13)6-9/h3-6H,1-2H3,(H,14,15)(H,16,17). The second-order valence-electron chi connectivity index (χ2n) is 3.65. The summed E-state index contributed by atoms with van der Waals surface area (Å²) in [5.41, 5.74) is 1.49. The van der Waals surface area contributed by atoms with Crippen LogP contribution in [0.1, 0.15) is 15.4 Å². The summed E-state index contributed by atoms with van der Waals surface area (Å²) >= 11 is 4.71. The van der Waals surface area contributed by atoms with E-state index in [0.29, 0.717) is 4.88 Å². The van der Waals surface area contributed by atoms with Crippen LogP contribution in [0.5, 0.6) is 0 Å². The molecule has 0 fully saturated rings. The summed E-state index contributed by atoms with van der Waals surface area (Å²) in [6.07, 6.45) is 0. The van der Waals surface area contributed by atoms with E-state index < -0.39 is 0 Å². The lowest BCUT2D eigenvalue weighted by atomic mass is 10.3. The summed E-state index contributed by atoms with van der Waals surface area (Å²) in [7, 11) is 1.79. The number of aryl methyl sites for hydroxylation is 1. The minimum absolute atomic E-state index is 0.135. The van der Waals surface area contributed by atoms with Crippen LogP contribution in [0.3, 0.4) is 0 Å². The van der Waals surface area contributed by atoms with Crippen molar-refractivity contribution in [1.82, 2.24) is 4.98 Å². The predicted octanol–water partition coefficient (Wildman–Crippen LogP) is 3.51. The van der Waals surface area contributed by atoms with Crippen molar-refractivity contribution in [2.24, 2.45) is 0 Å². The highest BCUT2D eigenvalue weighted by molar-refractivity contribution is 9.10. The van der Waals surface area contributed by atoms with Gasteiger partial charge in [-0.1, -0.05) is 33.3 Å². The normalized spacial score (nSPS) is 10.2. The fraction of sp³-hybridized carbons (Fsp3) is 0.167. The summed E-state index contributed by atoms with van der Waals surface area (Å²) in [6.45, 7) is 1.83. The maximum Gasteiger partial charge on any atom is 0.267 e. The zero-order valence-corrected chi connectivity index (χ0v) is 12.4. The monoisotopic (exact) mass is 325 g/mol. The van der Waals surface area contributed by atoms with Gasteiger partial charge < -0.3 is 10.6 Å². The molecule has 6 heteroatoms. The minimum Gasteiger partial charge on any atom is -0.365 e. The summed E-state index contributed by atoms with van der Waals surface area (Å²) < 4.78 is 0.928. The highest BCUT2D eigenvalue weighted by atomic mass is 79.9. The fourth-order valence-corrected chi connectivity index (χ4v) is 2.68. The van der Waals surface area contributed by atoms with Gasteiger partial charge in [0.05, 0.1) is 5.69 Å². The summed E-state index contributed by atoms with van der Waals surface area (Å²) in [6, 6.07) is 7.48. The van der Waals surface area contributed by atoms with Gasteiger partial charge in [0.1, 0.15) is 4.88 Å². The van der Waals surface area contributed by atoms with E-state index >= 15 is 0 Å². The number of benzene rings is 1. The molecule has 2 N–H and O–H groups in total. The maximum absolute atomic E-state index is 12.1. The van der Waals surface area contributed by atoms with Crippen molar-refractivity contribution in [3.05, 3.63) is 39.3 Å². The molecule has 1 aromatic heterocycles. The fourth-order valence-electron chi connectivity index (χ4n) is 1.47. The average Bonchev–Trinajstić information content (AvgIpc) is 2.70. The van der Waals surface area contributed by atoms with Crippen LogP contribution >= 0.6 is 27.3 Å². The number of nitrogens with zero attached hydrogens (tertiary/aromatic N) is 1. The molecular weight excluding hydrogens is 314 g/mol. The highest BCUT2D eigenvalue weighted by Crippen LogP contribution is 2.23. The number of carbonyl (C=O) groups excluding carboxylic acids is 1. The molecule has 2 aromatic rings. The molecule has 0 aliphatic heterocycles. The van der Waals surface area contributed by atoms with E-state index in [-0.39, 0.29) is 5.91 Å². The molecule has 0 spiro atoms. The molecule has 0 radical (unpaired) electrons. The first-order chi connectivity index (χ1) is 8.60. The molecule has 0 atom stereocenters. The van der Waals surface area contributed by atoms with Crippen molar-refractivity contribution < 1.29 is 4.79 Å². The summed E-state index contributed by atoms with van der Waals surface area (Å²) in [4.78, 5) is 17.0. The van der Waals surface area contributed by atoms with Gasteiger partial charge in [0, 0.05) is 17.2 Å². The van der Waals surface area contributed by atoms with Gasteiger partial charge >= 0.3 is 0 Å². The SMILES string of the molecule is CNc1nc(C)c(C(=O)Nc2cccc(Br)c2)s1. The van der Waals surface area contributed by atoms with Gasteiger partial charge in [0.25, 0.3) is 5.91 Å². The number of halogens is 1. The molecule has 0 saturated carbocycles. The molecule has 2 rings (SSSR count). The first-order valence-corrected chi connectivity index (χ1v) is 6.93. The maximum atomic E-state index is 12.1. The number of hydrogen-bond donors (Lipinski definition) is 2. The molecule has 0 unspecified atom stereocenters. The number of thiazole rings is 1. The van der Waals surface area contributed by atoms with E-state index in [1.54, 1.807) is 7.05 Å². The number of anilines is 2. The molecule has 94 valence electrons. The number of carbonyl (C=O) groups is 1. The Kier molecular flexibility index (Phi) is 3.98. The van der Waals surface area contributed by atoms with Crippen LogP contribution in [0, 0.1) is 6.92 Å². The Morgan fingerprint density at radius 2 is 2.22 bits per heavy atom. The Morgan fingerprint density at radius 1 is 1.44 bits per heavy atom. The Hall–Kier alpha value is -1.40. The molecule has 1 heterocycles. The number of aromatic nitrogens is 1. The average molecular weight is 326 g/mol. The van der Waals surface area contributed by atoms with Gasteiger partial charge in [-0.15, -0.1) is 0 Å². The Morgan fingerprint density at radius 3 is 2.83 bits per heavy atom. The molecular formula is C12H12BrN3OS. The zero-order valence-electron chi connectivity index (χ0n) is 9.95. The van der Waals surface area contributed by atoms with E-state index in [1.807, 2.05) is 31.2 Å². The first kappa shape index (κ1) is 13.0. The lowest BCUT2D eigenvalue weighted by Crippen LogP contribution is -2.11. The van der Waals surface area contributed by atoms with Crippen LogP contribution < -0.4 is 10.6 Å². The molecule has 0 aliphatic rings. The van der Waals surface area contributed by atoms with Crippen LogP contribution in [-0.2, 0) is 0 Å². The summed E-state index contributed by atoms with van der Waals surface area (Å²) in [5.74, 6) is -0.135. The molecule has 0 saturated heterocycles. The van der Waals surface area contributed by atoms with Crippen molar-refractivity contribution >= 4 is 44.0 Å². The smallest absolute Gasteiger partial charge is 0.267 e. The lowest BCUT2D eigenvalue weighted by Gasteiger charge is -2.04. The second-order valence-corrected chi connectivity index (χ2v) is 5.56. The molecule has 0 bridgehead atoms. The minimum atomic E-state index is -0.135. The first-order valence-electron chi connectivity index (χ1n) is 5.32. The van der Waals surface area contributed by atoms with Crippen LogP contribution in [0.2, 0.25) is 0 Å². The Balaban J connectivity index is 2.19. The number of amides is 1. The lowest BCUT2D eigenvalue weighted by molar-refractivity contribution is 0.103. The van der Waals surface area contributed by atoms with E-state index in [4.69, 9.17) is 0 Å². The molecule has 18 heavy (non-hydrogen) atoms. The Bertz CT molecular complexity index is 582. The van der Waals surface area contributed by atoms with Gasteiger partial charge in [-0.05, 0) is 25.1 Å². The van der Waals surface area contributed by atoms with Gasteiger partial charge in [-0.3, -0.25) is 4.79 Å². The number of rotatable bonds is 3. The zero-order chi connectivity index (χ0) is 13.1. The van der Waals surface area contributed by atoms with Crippen molar-refractivity contribution in [2.45, 2.75) is 6.92 Å². The van der Waals surface area contributed by atoms with Crippen LogP contribution in [0.25, 0.3) is 0 Å². The molecule has 1 aromatic carbocycles. The third-order valence-electron chi connectivity index (χ3n) is 2.30. The van der Waals surface area contributed by atoms with Crippen molar-refractivity contribution in [2.75, 3.05) is 17.7 Å². The van der Waals surface area contributed by atoms with E-state index in [2.05, 4.69) is 31.5 Å². The highest BCUT2D eigenvalue weighted by Gasteiger charge is 2.14. The van der Waals surface area contributed by atoms with E-state index in [1.165, 1.54) is 11.3 Å². The second kappa shape index (κ2) is 5.49. The van der Waals surface area contributed by atoms with Gasteiger partial charge in [0.2, 0.25) is 0 Å². The Labute approximate surface area is 118 Å². The summed E-state index contributed by atoms with van der Waals surface area (Å²) in [5, 5.41) is 6.53. The topological polar surface area (TPSA) is 54.0 Å². The molecule has 4 nitrogen and oxygen atoms in total. The molecule has 1 amide bonds. The van der Waals surface area contributed by atoms with Crippen molar-refractivity contribution in [1.29, 1.82) is 0 Å². The number of hydrogen-bond acceptors (Lipinski definition) is 4. The van der Waals surface area contributed by atoms with Crippen LogP contribution in [-0.4, -0.2) is 17.9 Å². The van der Waals surface area contributed by atoms with Gasteiger partial charge in [-0.25, -0.2) is 4.98 Å². The molecule has 0 aliphatic carbocycles. The van der Waals surface area contributed by atoms with Crippen LogP contribution in [0.4, 0.5) is 10.8 Å². The number of nitrogens with one attached hydrogen (secondary N) is 2. The van der Waals surface area contributed by atoms with Crippen LogP contribution in [0.15, 0.2) is 28.7 Å². The quantitative estimate of drug-likeness (QED) is 0.907. The third kappa shape index (κ3) is 2.88. The largest absolute Gasteiger partial charge is 0.365 e. The van der Waals surface area contributed by atoms with Crippen molar-refractivity contribution in [3.63, 3.8) is 0 Å². The van der Waals surface area contributed by atoms with Crippen molar-refractivity contribution in [3.8, 4) is 0 Å². The van der Waals surface area contributed by atoms with E-state index in [9.17, 15) is 4.79 Å². The van der Waals surface area contributed by atoms with E-state index in [0.717, 1.165) is 21.0 Å². The van der Waals surface area contributed by atoms with Gasteiger partial charge in [-0.2, -0.15) is 0 Å². The van der Waals surface area contributed by atoms with Gasteiger partial charge in [0.15, 0.2) is 5.13 Å².